The zero-order valence-electron chi connectivity index (χ0n) is 10.4. The Morgan fingerprint density at radius 3 is 2.73 bits per heavy atom. The van der Waals surface area contributed by atoms with Gasteiger partial charge in [-0.05, 0) is 52.2 Å². The van der Waals surface area contributed by atoms with Crippen LogP contribution in [0.4, 0.5) is 0 Å². The van der Waals surface area contributed by atoms with Crippen molar-refractivity contribution in [2.45, 2.75) is 51.5 Å². The van der Waals surface area contributed by atoms with Gasteiger partial charge in [0.15, 0.2) is 0 Å². The van der Waals surface area contributed by atoms with Crippen LogP contribution >= 0.6 is 0 Å². The highest BCUT2D eigenvalue weighted by Gasteiger charge is 2.25. The minimum Gasteiger partial charge on any atom is -0.310 e. The summed E-state index contributed by atoms with van der Waals surface area (Å²) in [6.07, 6.45) is 7.23. The van der Waals surface area contributed by atoms with Crippen LogP contribution in [0.5, 0.6) is 0 Å². The maximum atomic E-state index is 3.62. The Morgan fingerprint density at radius 2 is 2.07 bits per heavy atom. The summed E-state index contributed by atoms with van der Waals surface area (Å²) in [5.74, 6) is 1.06. The lowest BCUT2D eigenvalue weighted by molar-refractivity contribution is 0.192. The molecule has 2 fully saturated rings. The van der Waals surface area contributed by atoms with Crippen molar-refractivity contribution in [1.82, 2.24) is 10.2 Å². The second-order valence-corrected chi connectivity index (χ2v) is 6.03. The van der Waals surface area contributed by atoms with Gasteiger partial charge in [0.05, 0.1) is 0 Å². The van der Waals surface area contributed by atoms with Crippen molar-refractivity contribution in [3.63, 3.8) is 0 Å². The average molecular weight is 210 g/mol. The number of rotatable bonds is 3. The normalized spacial score (nSPS) is 28.4. The highest BCUT2D eigenvalue weighted by molar-refractivity contribution is 4.85. The fourth-order valence-electron chi connectivity index (χ4n) is 2.76. The summed E-state index contributed by atoms with van der Waals surface area (Å²) in [5.41, 5.74) is 0.316. The second kappa shape index (κ2) is 4.84. The smallest absolute Gasteiger partial charge is 0.0252 e. The predicted molar refractivity (Wildman–Crippen MR) is 65.1 cm³/mol. The first kappa shape index (κ1) is 11.4. The lowest BCUT2D eigenvalue weighted by Crippen LogP contribution is -2.46. The van der Waals surface area contributed by atoms with E-state index in [0.29, 0.717) is 5.54 Å². The molecule has 0 atom stereocenters. The van der Waals surface area contributed by atoms with Gasteiger partial charge < -0.3 is 10.2 Å². The van der Waals surface area contributed by atoms with Gasteiger partial charge in [-0.25, -0.2) is 0 Å². The predicted octanol–water partition coefficient (Wildman–Crippen LogP) is 2.25. The molecular weight excluding hydrogens is 184 g/mol. The first-order valence-corrected chi connectivity index (χ1v) is 6.63. The molecule has 0 amide bonds. The van der Waals surface area contributed by atoms with Gasteiger partial charge in [-0.2, -0.15) is 0 Å². The Balaban J connectivity index is 1.74. The van der Waals surface area contributed by atoms with Crippen LogP contribution in [0.3, 0.4) is 0 Å². The van der Waals surface area contributed by atoms with Gasteiger partial charge in [0.2, 0.25) is 0 Å². The summed E-state index contributed by atoms with van der Waals surface area (Å²) in [7, 11) is 0. The molecule has 0 bridgehead atoms. The molecule has 1 heterocycles. The van der Waals surface area contributed by atoms with E-state index in [2.05, 4.69) is 24.1 Å². The zero-order valence-corrected chi connectivity index (χ0v) is 10.4. The van der Waals surface area contributed by atoms with Gasteiger partial charge in [0.25, 0.3) is 0 Å². The summed E-state index contributed by atoms with van der Waals surface area (Å²) >= 11 is 0. The summed E-state index contributed by atoms with van der Waals surface area (Å²) in [6, 6.07) is 0. The molecular formula is C13H26N2. The fourth-order valence-corrected chi connectivity index (χ4v) is 2.76. The summed E-state index contributed by atoms with van der Waals surface area (Å²) < 4.78 is 0. The van der Waals surface area contributed by atoms with Gasteiger partial charge in [-0.1, -0.05) is 19.3 Å². The first-order valence-electron chi connectivity index (χ1n) is 6.63. The van der Waals surface area contributed by atoms with Crippen molar-refractivity contribution in [3.05, 3.63) is 0 Å². The molecule has 0 spiro atoms. The molecule has 0 unspecified atom stereocenters. The van der Waals surface area contributed by atoms with Gasteiger partial charge in [-0.3, -0.25) is 0 Å². The van der Waals surface area contributed by atoms with Crippen LogP contribution in [0.15, 0.2) is 0 Å². The van der Waals surface area contributed by atoms with E-state index in [9.17, 15) is 0 Å². The third kappa shape index (κ3) is 3.46. The molecule has 1 aliphatic heterocycles. The Bertz CT molecular complexity index is 197. The number of hydrogen-bond donors (Lipinski definition) is 1. The van der Waals surface area contributed by atoms with Crippen molar-refractivity contribution in [2.24, 2.45) is 5.92 Å². The van der Waals surface area contributed by atoms with E-state index in [1.807, 2.05) is 0 Å². The van der Waals surface area contributed by atoms with Crippen LogP contribution in [0.25, 0.3) is 0 Å². The van der Waals surface area contributed by atoms with Gasteiger partial charge >= 0.3 is 0 Å². The monoisotopic (exact) mass is 210 g/mol. The van der Waals surface area contributed by atoms with Gasteiger partial charge in [-0.15, -0.1) is 0 Å². The topological polar surface area (TPSA) is 15.3 Å². The quantitative estimate of drug-likeness (QED) is 0.768. The van der Waals surface area contributed by atoms with Crippen LogP contribution in [0, 0.1) is 5.92 Å². The van der Waals surface area contributed by atoms with E-state index < -0.39 is 0 Å². The molecule has 0 aromatic rings. The zero-order chi connectivity index (χ0) is 10.7. The van der Waals surface area contributed by atoms with Crippen LogP contribution in [-0.2, 0) is 0 Å². The van der Waals surface area contributed by atoms with Crippen molar-refractivity contribution in [3.8, 4) is 0 Å². The Hall–Kier alpha value is -0.0800. The number of nitrogens with one attached hydrogen (secondary N) is 1. The van der Waals surface area contributed by atoms with E-state index >= 15 is 0 Å². The van der Waals surface area contributed by atoms with E-state index in [-0.39, 0.29) is 0 Å². The van der Waals surface area contributed by atoms with Crippen molar-refractivity contribution in [1.29, 1.82) is 0 Å². The van der Waals surface area contributed by atoms with Crippen LogP contribution < -0.4 is 5.32 Å². The lowest BCUT2D eigenvalue weighted by atomic mass is 9.83. The minimum absolute atomic E-state index is 0.316. The Kier molecular flexibility index (Phi) is 3.68. The summed E-state index contributed by atoms with van der Waals surface area (Å²) in [4.78, 5) is 2.66. The number of nitrogens with zero attached hydrogens (tertiary/aromatic N) is 1. The molecule has 2 aliphatic rings. The maximum absolute atomic E-state index is 3.62. The fraction of sp³-hybridized carbons (Fsp3) is 1.00. The third-order valence-corrected chi connectivity index (χ3v) is 3.95. The summed E-state index contributed by atoms with van der Waals surface area (Å²) in [5, 5.41) is 3.62. The van der Waals surface area contributed by atoms with Crippen molar-refractivity contribution < 1.29 is 0 Å². The average Bonchev–Trinajstić information content (AvgIpc) is 2.23. The van der Waals surface area contributed by atoms with Crippen molar-refractivity contribution >= 4 is 0 Å². The highest BCUT2D eigenvalue weighted by Crippen LogP contribution is 2.29. The molecule has 0 aromatic carbocycles. The largest absolute Gasteiger partial charge is 0.310 e. The molecule has 1 saturated carbocycles. The standard InChI is InChI=1S/C13H26N2/c1-13(2)11-15(9-4-8-14-13)10-7-12-5-3-6-12/h12,14H,3-11H2,1-2H3. The third-order valence-electron chi connectivity index (χ3n) is 3.95. The summed E-state index contributed by atoms with van der Waals surface area (Å²) in [6.45, 7) is 9.69. The van der Waals surface area contributed by atoms with Crippen LogP contribution in [0.2, 0.25) is 0 Å². The number of hydrogen-bond acceptors (Lipinski definition) is 2. The molecule has 1 saturated heterocycles. The van der Waals surface area contributed by atoms with Crippen LogP contribution in [-0.4, -0.2) is 36.6 Å². The molecule has 2 heteroatoms. The van der Waals surface area contributed by atoms with E-state index in [0.717, 1.165) is 5.92 Å². The first-order chi connectivity index (χ1) is 7.16. The SMILES string of the molecule is CC1(C)CN(CCC2CCC2)CCCN1. The Morgan fingerprint density at radius 1 is 1.27 bits per heavy atom. The van der Waals surface area contributed by atoms with Gasteiger partial charge in [0, 0.05) is 12.1 Å². The molecule has 0 aromatic heterocycles. The lowest BCUT2D eigenvalue weighted by Gasteiger charge is -2.32. The van der Waals surface area contributed by atoms with E-state index in [1.165, 1.54) is 58.3 Å². The van der Waals surface area contributed by atoms with Gasteiger partial charge in [0.1, 0.15) is 0 Å². The maximum Gasteiger partial charge on any atom is 0.0252 e. The Labute approximate surface area is 94.4 Å². The van der Waals surface area contributed by atoms with Crippen LogP contribution in [0.1, 0.15) is 46.0 Å². The molecule has 0 radical (unpaired) electrons. The molecule has 15 heavy (non-hydrogen) atoms. The second-order valence-electron chi connectivity index (χ2n) is 6.03. The minimum atomic E-state index is 0.316. The molecule has 88 valence electrons. The molecule has 1 N–H and O–H groups in total. The molecule has 1 aliphatic carbocycles. The van der Waals surface area contributed by atoms with Crippen molar-refractivity contribution in [2.75, 3.05) is 26.2 Å². The highest BCUT2D eigenvalue weighted by atomic mass is 15.2. The molecule has 2 nitrogen and oxygen atoms in total. The van der Waals surface area contributed by atoms with E-state index in [4.69, 9.17) is 0 Å². The van der Waals surface area contributed by atoms with E-state index in [1.54, 1.807) is 0 Å². The molecule has 2 rings (SSSR count).